The standard InChI is InChI=1S/C19H17ClN4O2/c1-12-4-3-5-15(8-12)23-18(25)13-10-21-19(22-11-13)24-16-9-14(20)6-7-17(16)26-2/h3-11H,1-2H3,(H,23,25)(H,21,22,24). The highest BCUT2D eigenvalue weighted by atomic mass is 35.5. The van der Waals surface area contributed by atoms with Gasteiger partial charge < -0.3 is 15.4 Å². The van der Waals surface area contributed by atoms with Crippen LogP contribution in [0, 0.1) is 6.92 Å². The summed E-state index contributed by atoms with van der Waals surface area (Å²) in [5, 5.41) is 6.40. The van der Waals surface area contributed by atoms with Gasteiger partial charge in [-0.25, -0.2) is 9.97 Å². The van der Waals surface area contributed by atoms with Gasteiger partial charge in [-0.2, -0.15) is 0 Å². The Labute approximate surface area is 156 Å². The molecule has 7 heteroatoms. The van der Waals surface area contributed by atoms with E-state index >= 15 is 0 Å². The van der Waals surface area contributed by atoms with Crippen molar-refractivity contribution in [3.63, 3.8) is 0 Å². The van der Waals surface area contributed by atoms with Crippen LogP contribution < -0.4 is 15.4 Å². The van der Waals surface area contributed by atoms with E-state index in [4.69, 9.17) is 16.3 Å². The van der Waals surface area contributed by atoms with Gasteiger partial charge in [0, 0.05) is 23.1 Å². The Kier molecular flexibility index (Phi) is 5.34. The molecule has 132 valence electrons. The van der Waals surface area contributed by atoms with Crippen molar-refractivity contribution in [1.29, 1.82) is 0 Å². The van der Waals surface area contributed by atoms with Crippen LogP contribution >= 0.6 is 11.6 Å². The quantitative estimate of drug-likeness (QED) is 0.696. The Morgan fingerprint density at radius 3 is 2.58 bits per heavy atom. The highest BCUT2D eigenvalue weighted by molar-refractivity contribution is 6.31. The van der Waals surface area contributed by atoms with Crippen molar-refractivity contribution in [2.45, 2.75) is 6.92 Å². The maximum Gasteiger partial charge on any atom is 0.258 e. The van der Waals surface area contributed by atoms with Crippen LogP contribution in [0.1, 0.15) is 15.9 Å². The highest BCUT2D eigenvalue weighted by Gasteiger charge is 2.10. The number of carbonyl (C=O) groups excluding carboxylic acids is 1. The summed E-state index contributed by atoms with van der Waals surface area (Å²) >= 11 is 6.01. The van der Waals surface area contributed by atoms with E-state index in [0.29, 0.717) is 28.0 Å². The smallest absolute Gasteiger partial charge is 0.258 e. The average molecular weight is 369 g/mol. The molecule has 6 nitrogen and oxygen atoms in total. The maximum absolute atomic E-state index is 12.3. The molecule has 0 spiro atoms. The number of aromatic nitrogens is 2. The van der Waals surface area contributed by atoms with E-state index in [0.717, 1.165) is 11.3 Å². The van der Waals surface area contributed by atoms with E-state index in [2.05, 4.69) is 20.6 Å². The second-order valence-corrected chi connectivity index (χ2v) is 6.02. The van der Waals surface area contributed by atoms with Gasteiger partial charge in [0.2, 0.25) is 5.95 Å². The van der Waals surface area contributed by atoms with Gasteiger partial charge in [0.1, 0.15) is 5.75 Å². The number of methoxy groups -OCH3 is 1. The number of ether oxygens (including phenoxy) is 1. The fourth-order valence-electron chi connectivity index (χ4n) is 2.33. The lowest BCUT2D eigenvalue weighted by molar-refractivity contribution is 0.102. The molecule has 0 atom stereocenters. The van der Waals surface area contributed by atoms with Crippen LogP contribution in [0.2, 0.25) is 5.02 Å². The number of nitrogens with one attached hydrogen (secondary N) is 2. The summed E-state index contributed by atoms with van der Waals surface area (Å²) in [4.78, 5) is 20.6. The first-order valence-corrected chi connectivity index (χ1v) is 8.23. The molecule has 3 aromatic rings. The number of rotatable bonds is 5. The van der Waals surface area contributed by atoms with Crippen LogP contribution in [-0.2, 0) is 0 Å². The third kappa shape index (κ3) is 4.29. The zero-order valence-corrected chi connectivity index (χ0v) is 15.0. The van der Waals surface area contributed by atoms with Crippen molar-refractivity contribution in [2.24, 2.45) is 0 Å². The number of hydrogen-bond donors (Lipinski definition) is 2. The first kappa shape index (κ1) is 17.7. The van der Waals surface area contributed by atoms with Gasteiger partial charge in [-0.05, 0) is 42.8 Å². The van der Waals surface area contributed by atoms with Crippen LogP contribution in [0.25, 0.3) is 0 Å². The lowest BCUT2D eigenvalue weighted by atomic mass is 10.2. The Balaban J connectivity index is 1.72. The lowest BCUT2D eigenvalue weighted by Crippen LogP contribution is -2.13. The molecular weight excluding hydrogens is 352 g/mol. The second-order valence-electron chi connectivity index (χ2n) is 5.59. The number of hydrogen-bond acceptors (Lipinski definition) is 5. The molecule has 1 aromatic heterocycles. The molecular formula is C19H17ClN4O2. The SMILES string of the molecule is COc1ccc(Cl)cc1Nc1ncc(C(=O)Nc2cccc(C)c2)cn1. The fraction of sp³-hybridized carbons (Fsp3) is 0.105. The topological polar surface area (TPSA) is 76.1 Å². The highest BCUT2D eigenvalue weighted by Crippen LogP contribution is 2.29. The number of amides is 1. The van der Waals surface area contributed by atoms with Crippen LogP contribution in [0.15, 0.2) is 54.9 Å². The molecule has 0 bridgehead atoms. The summed E-state index contributed by atoms with van der Waals surface area (Å²) in [6.07, 6.45) is 2.91. The summed E-state index contributed by atoms with van der Waals surface area (Å²) < 4.78 is 5.27. The van der Waals surface area contributed by atoms with Crippen molar-refractivity contribution in [3.8, 4) is 5.75 Å². The minimum Gasteiger partial charge on any atom is -0.495 e. The average Bonchev–Trinajstić information content (AvgIpc) is 2.62. The number of nitrogens with zero attached hydrogens (tertiary/aromatic N) is 2. The van der Waals surface area contributed by atoms with Crippen molar-refractivity contribution in [2.75, 3.05) is 17.7 Å². The minimum atomic E-state index is -0.275. The molecule has 2 aromatic carbocycles. The molecule has 3 rings (SSSR count). The summed E-state index contributed by atoms with van der Waals surface area (Å²) in [7, 11) is 1.56. The Hall–Kier alpha value is -3.12. The Morgan fingerprint density at radius 1 is 1.12 bits per heavy atom. The molecule has 0 aliphatic carbocycles. The third-order valence-corrected chi connectivity index (χ3v) is 3.83. The first-order valence-electron chi connectivity index (χ1n) is 7.86. The number of carbonyl (C=O) groups is 1. The zero-order chi connectivity index (χ0) is 18.5. The van der Waals surface area contributed by atoms with E-state index in [-0.39, 0.29) is 5.91 Å². The molecule has 0 unspecified atom stereocenters. The van der Waals surface area contributed by atoms with Crippen molar-refractivity contribution in [3.05, 3.63) is 71.0 Å². The lowest BCUT2D eigenvalue weighted by Gasteiger charge is -2.10. The second kappa shape index (κ2) is 7.84. The van der Waals surface area contributed by atoms with Gasteiger partial charge in [-0.3, -0.25) is 4.79 Å². The van der Waals surface area contributed by atoms with E-state index in [1.165, 1.54) is 12.4 Å². The number of halogens is 1. The molecule has 1 heterocycles. The summed E-state index contributed by atoms with van der Waals surface area (Å²) in [6.45, 7) is 1.96. The van der Waals surface area contributed by atoms with Gasteiger partial charge in [0.05, 0.1) is 18.4 Å². The van der Waals surface area contributed by atoms with E-state index in [1.54, 1.807) is 25.3 Å². The Morgan fingerprint density at radius 2 is 1.88 bits per heavy atom. The maximum atomic E-state index is 12.3. The van der Waals surface area contributed by atoms with Crippen LogP contribution in [-0.4, -0.2) is 23.0 Å². The van der Waals surface area contributed by atoms with Crippen LogP contribution in [0.3, 0.4) is 0 Å². The molecule has 26 heavy (non-hydrogen) atoms. The molecule has 2 N–H and O–H groups in total. The number of benzene rings is 2. The van der Waals surface area contributed by atoms with Crippen molar-refractivity contribution in [1.82, 2.24) is 9.97 Å². The molecule has 0 saturated carbocycles. The van der Waals surface area contributed by atoms with Gasteiger partial charge in [-0.15, -0.1) is 0 Å². The van der Waals surface area contributed by atoms with E-state index < -0.39 is 0 Å². The van der Waals surface area contributed by atoms with Gasteiger partial charge in [0.15, 0.2) is 0 Å². The Bertz CT molecular complexity index is 929. The predicted molar refractivity (Wildman–Crippen MR) is 102 cm³/mol. The molecule has 0 aliphatic heterocycles. The van der Waals surface area contributed by atoms with Crippen molar-refractivity contribution < 1.29 is 9.53 Å². The zero-order valence-electron chi connectivity index (χ0n) is 14.3. The van der Waals surface area contributed by atoms with Crippen LogP contribution in [0.5, 0.6) is 5.75 Å². The third-order valence-electron chi connectivity index (χ3n) is 3.60. The van der Waals surface area contributed by atoms with E-state index in [9.17, 15) is 4.79 Å². The molecule has 0 aliphatic rings. The number of aryl methyl sites for hydroxylation is 1. The molecule has 0 saturated heterocycles. The van der Waals surface area contributed by atoms with Gasteiger partial charge >= 0.3 is 0 Å². The van der Waals surface area contributed by atoms with Crippen molar-refractivity contribution >= 4 is 34.8 Å². The molecule has 0 fully saturated rings. The normalized spacial score (nSPS) is 10.3. The van der Waals surface area contributed by atoms with Gasteiger partial charge in [0.25, 0.3) is 5.91 Å². The van der Waals surface area contributed by atoms with E-state index in [1.807, 2.05) is 31.2 Å². The predicted octanol–water partition coefficient (Wildman–Crippen LogP) is 4.44. The summed E-state index contributed by atoms with van der Waals surface area (Å²) in [5.74, 6) is 0.666. The van der Waals surface area contributed by atoms with Gasteiger partial charge in [-0.1, -0.05) is 23.7 Å². The largest absolute Gasteiger partial charge is 0.495 e. The molecule has 0 radical (unpaired) electrons. The number of anilines is 3. The monoisotopic (exact) mass is 368 g/mol. The summed E-state index contributed by atoms with van der Waals surface area (Å²) in [5.41, 5.74) is 2.78. The molecule has 1 amide bonds. The first-order chi connectivity index (χ1) is 12.5. The van der Waals surface area contributed by atoms with Crippen LogP contribution in [0.4, 0.5) is 17.3 Å². The minimum absolute atomic E-state index is 0.275. The summed E-state index contributed by atoms with van der Waals surface area (Å²) in [6, 6.07) is 12.7. The fourth-order valence-corrected chi connectivity index (χ4v) is 2.51.